The summed E-state index contributed by atoms with van der Waals surface area (Å²) in [5.74, 6) is 0.535. The molecule has 2 amide bonds. The monoisotopic (exact) mass is 264 g/mol. The van der Waals surface area contributed by atoms with E-state index in [1.165, 1.54) is 0 Å². The van der Waals surface area contributed by atoms with Gasteiger partial charge in [0.1, 0.15) is 12.4 Å². The third-order valence-electron chi connectivity index (χ3n) is 2.54. The van der Waals surface area contributed by atoms with Crippen LogP contribution in [0.5, 0.6) is 5.75 Å². The highest BCUT2D eigenvalue weighted by Crippen LogP contribution is 2.11. The maximum absolute atomic E-state index is 11.3. The number of benzene rings is 1. The second kappa shape index (κ2) is 7.41. The molecule has 0 saturated heterocycles. The molecular weight excluding hydrogens is 244 g/mol. The van der Waals surface area contributed by atoms with Gasteiger partial charge in [0.25, 0.3) is 5.91 Å². The molecule has 0 atom stereocenters. The zero-order chi connectivity index (χ0) is 14.3. The molecule has 1 rings (SSSR count). The Morgan fingerprint density at radius 2 is 1.84 bits per heavy atom. The molecule has 0 radical (unpaired) electrons. The normalized spacial score (nSPS) is 10.1. The lowest BCUT2D eigenvalue weighted by molar-refractivity contribution is -0.124. The van der Waals surface area contributed by atoms with Gasteiger partial charge in [-0.3, -0.25) is 9.59 Å². The van der Waals surface area contributed by atoms with Crippen LogP contribution >= 0.6 is 0 Å². The van der Waals surface area contributed by atoms with Crippen LogP contribution in [-0.2, 0) is 4.79 Å². The van der Waals surface area contributed by atoms with Crippen molar-refractivity contribution in [2.75, 3.05) is 20.2 Å². The van der Waals surface area contributed by atoms with Gasteiger partial charge >= 0.3 is 0 Å². The van der Waals surface area contributed by atoms with Crippen molar-refractivity contribution in [2.45, 2.75) is 13.8 Å². The molecule has 0 unspecified atom stereocenters. The Kier molecular flexibility index (Phi) is 5.85. The van der Waals surface area contributed by atoms with Crippen molar-refractivity contribution >= 4 is 11.8 Å². The fourth-order valence-corrected chi connectivity index (χ4v) is 1.39. The molecule has 5 heteroatoms. The number of rotatable bonds is 6. The number of amides is 2. The first-order valence-corrected chi connectivity index (χ1v) is 6.27. The molecule has 5 nitrogen and oxygen atoms in total. The molecule has 0 aliphatic heterocycles. The van der Waals surface area contributed by atoms with E-state index >= 15 is 0 Å². The van der Waals surface area contributed by atoms with Crippen molar-refractivity contribution in [3.8, 4) is 5.75 Å². The maximum atomic E-state index is 11.3. The third kappa shape index (κ3) is 4.99. The van der Waals surface area contributed by atoms with E-state index in [1.54, 1.807) is 31.3 Å². The van der Waals surface area contributed by atoms with Crippen molar-refractivity contribution in [2.24, 2.45) is 5.92 Å². The Labute approximate surface area is 113 Å². The summed E-state index contributed by atoms with van der Waals surface area (Å²) in [6, 6.07) is 6.85. The first-order valence-electron chi connectivity index (χ1n) is 6.27. The largest absolute Gasteiger partial charge is 0.492 e. The van der Waals surface area contributed by atoms with Crippen molar-refractivity contribution in [1.29, 1.82) is 0 Å². The fourth-order valence-electron chi connectivity index (χ4n) is 1.39. The summed E-state index contributed by atoms with van der Waals surface area (Å²) in [6.07, 6.45) is 0. The summed E-state index contributed by atoms with van der Waals surface area (Å²) >= 11 is 0. The Balaban J connectivity index is 2.34. The average Bonchev–Trinajstić information content (AvgIpc) is 2.43. The predicted molar refractivity (Wildman–Crippen MR) is 73.2 cm³/mol. The molecule has 0 spiro atoms. The van der Waals surface area contributed by atoms with Crippen LogP contribution in [0.25, 0.3) is 0 Å². The summed E-state index contributed by atoms with van der Waals surface area (Å²) in [6.45, 7) is 4.55. The fraction of sp³-hybridized carbons (Fsp3) is 0.429. The molecule has 2 N–H and O–H groups in total. The minimum absolute atomic E-state index is 0.0126. The highest BCUT2D eigenvalue weighted by Gasteiger charge is 2.05. The standard InChI is InChI=1S/C14H20N2O3/c1-10(2)13(17)16-8-9-19-12-6-4-11(5-7-12)14(18)15-3/h4-7,10H,8-9H2,1-3H3,(H,15,18)(H,16,17). The van der Waals surface area contributed by atoms with Crippen LogP contribution < -0.4 is 15.4 Å². The Morgan fingerprint density at radius 1 is 1.21 bits per heavy atom. The second-order valence-electron chi connectivity index (χ2n) is 4.40. The predicted octanol–water partition coefficient (Wildman–Crippen LogP) is 1.20. The van der Waals surface area contributed by atoms with Gasteiger partial charge < -0.3 is 15.4 Å². The smallest absolute Gasteiger partial charge is 0.251 e. The van der Waals surface area contributed by atoms with E-state index in [9.17, 15) is 9.59 Å². The van der Waals surface area contributed by atoms with Crippen LogP contribution in [0.1, 0.15) is 24.2 Å². The number of hydrogen-bond donors (Lipinski definition) is 2. The van der Waals surface area contributed by atoms with Gasteiger partial charge in [0.05, 0.1) is 6.54 Å². The topological polar surface area (TPSA) is 67.4 Å². The SMILES string of the molecule is CNC(=O)c1ccc(OCCNC(=O)C(C)C)cc1. The first kappa shape index (κ1) is 15.0. The quantitative estimate of drug-likeness (QED) is 0.759. The lowest BCUT2D eigenvalue weighted by Crippen LogP contribution is -2.31. The van der Waals surface area contributed by atoms with Gasteiger partial charge in [-0.05, 0) is 24.3 Å². The molecule has 0 bridgehead atoms. The van der Waals surface area contributed by atoms with Gasteiger partial charge in [0.15, 0.2) is 0 Å². The zero-order valence-corrected chi connectivity index (χ0v) is 11.5. The molecule has 0 aliphatic rings. The molecule has 0 heterocycles. The van der Waals surface area contributed by atoms with Gasteiger partial charge in [0, 0.05) is 18.5 Å². The van der Waals surface area contributed by atoms with E-state index in [4.69, 9.17) is 4.74 Å². The highest BCUT2D eigenvalue weighted by molar-refractivity contribution is 5.94. The number of carbonyl (C=O) groups excluding carboxylic acids is 2. The lowest BCUT2D eigenvalue weighted by Gasteiger charge is -2.09. The lowest BCUT2D eigenvalue weighted by atomic mass is 10.2. The maximum Gasteiger partial charge on any atom is 0.251 e. The van der Waals surface area contributed by atoms with Crippen LogP contribution in [0.4, 0.5) is 0 Å². The summed E-state index contributed by atoms with van der Waals surface area (Å²) in [5.41, 5.74) is 0.586. The Morgan fingerprint density at radius 3 is 2.37 bits per heavy atom. The van der Waals surface area contributed by atoms with Crippen molar-refractivity contribution in [1.82, 2.24) is 10.6 Å². The number of nitrogens with one attached hydrogen (secondary N) is 2. The van der Waals surface area contributed by atoms with E-state index in [-0.39, 0.29) is 17.7 Å². The minimum atomic E-state index is -0.129. The summed E-state index contributed by atoms with van der Waals surface area (Å²) in [5, 5.41) is 5.31. The van der Waals surface area contributed by atoms with E-state index in [1.807, 2.05) is 13.8 Å². The van der Waals surface area contributed by atoms with Crippen molar-refractivity contribution in [3.63, 3.8) is 0 Å². The molecule has 0 aromatic heterocycles. The van der Waals surface area contributed by atoms with Gasteiger partial charge in [-0.25, -0.2) is 0 Å². The van der Waals surface area contributed by atoms with Crippen LogP contribution in [0.3, 0.4) is 0 Å². The molecule has 0 fully saturated rings. The van der Waals surface area contributed by atoms with Gasteiger partial charge in [0.2, 0.25) is 5.91 Å². The molecule has 0 saturated carbocycles. The molecule has 104 valence electrons. The van der Waals surface area contributed by atoms with Gasteiger partial charge in [-0.15, -0.1) is 0 Å². The summed E-state index contributed by atoms with van der Waals surface area (Å²) in [7, 11) is 1.59. The zero-order valence-electron chi connectivity index (χ0n) is 11.5. The van der Waals surface area contributed by atoms with E-state index in [0.29, 0.717) is 24.5 Å². The van der Waals surface area contributed by atoms with E-state index in [0.717, 1.165) is 0 Å². The Hall–Kier alpha value is -2.04. The average molecular weight is 264 g/mol. The third-order valence-corrected chi connectivity index (χ3v) is 2.54. The second-order valence-corrected chi connectivity index (χ2v) is 4.40. The van der Waals surface area contributed by atoms with Gasteiger partial charge in [-0.1, -0.05) is 13.8 Å². The van der Waals surface area contributed by atoms with E-state index < -0.39 is 0 Å². The highest BCUT2D eigenvalue weighted by atomic mass is 16.5. The van der Waals surface area contributed by atoms with Gasteiger partial charge in [-0.2, -0.15) is 0 Å². The van der Waals surface area contributed by atoms with Crippen LogP contribution in [0.15, 0.2) is 24.3 Å². The van der Waals surface area contributed by atoms with E-state index in [2.05, 4.69) is 10.6 Å². The van der Waals surface area contributed by atoms with Crippen LogP contribution in [0, 0.1) is 5.92 Å². The molecule has 19 heavy (non-hydrogen) atoms. The number of carbonyl (C=O) groups is 2. The minimum Gasteiger partial charge on any atom is -0.492 e. The summed E-state index contributed by atoms with van der Waals surface area (Å²) < 4.78 is 5.46. The Bertz CT molecular complexity index is 427. The number of ether oxygens (including phenoxy) is 1. The molecule has 0 aliphatic carbocycles. The van der Waals surface area contributed by atoms with Crippen LogP contribution in [0.2, 0.25) is 0 Å². The van der Waals surface area contributed by atoms with Crippen molar-refractivity contribution < 1.29 is 14.3 Å². The summed E-state index contributed by atoms with van der Waals surface area (Å²) in [4.78, 5) is 22.6. The van der Waals surface area contributed by atoms with Crippen molar-refractivity contribution in [3.05, 3.63) is 29.8 Å². The van der Waals surface area contributed by atoms with Crippen LogP contribution in [-0.4, -0.2) is 32.0 Å². The molecule has 1 aromatic carbocycles. The number of hydrogen-bond acceptors (Lipinski definition) is 3. The molecular formula is C14H20N2O3. The first-order chi connectivity index (χ1) is 9.04. The molecule has 1 aromatic rings.